The van der Waals surface area contributed by atoms with Gasteiger partial charge in [0.25, 0.3) is 5.91 Å². The number of hydrogen-bond donors (Lipinski definition) is 1. The third-order valence-electron chi connectivity index (χ3n) is 5.14. The van der Waals surface area contributed by atoms with Crippen molar-refractivity contribution in [2.45, 2.75) is 25.3 Å². The number of imidazole rings is 1. The standard InChI is InChI=1S/C19H22N6O2/c1-23-17(12-24-11-8-20-13-24)21-22-18(23)14-6-9-25(10-7-14)19(27)15-2-4-16(26)5-3-15/h2-5,8,11,13-14,26H,6-7,9-10,12H2,1H3. The van der Waals surface area contributed by atoms with Crippen molar-refractivity contribution >= 4 is 5.91 Å². The van der Waals surface area contributed by atoms with Crippen molar-refractivity contribution in [2.75, 3.05) is 13.1 Å². The van der Waals surface area contributed by atoms with E-state index < -0.39 is 0 Å². The maximum absolute atomic E-state index is 12.6. The zero-order valence-corrected chi connectivity index (χ0v) is 15.2. The summed E-state index contributed by atoms with van der Waals surface area (Å²) in [5.41, 5.74) is 0.604. The molecule has 27 heavy (non-hydrogen) atoms. The lowest BCUT2D eigenvalue weighted by Crippen LogP contribution is -2.38. The van der Waals surface area contributed by atoms with Crippen LogP contribution in [0.15, 0.2) is 43.0 Å². The van der Waals surface area contributed by atoms with Crippen molar-refractivity contribution in [2.24, 2.45) is 7.05 Å². The van der Waals surface area contributed by atoms with E-state index in [2.05, 4.69) is 19.7 Å². The number of aromatic nitrogens is 5. The summed E-state index contributed by atoms with van der Waals surface area (Å²) in [4.78, 5) is 18.5. The average Bonchev–Trinajstić information content (AvgIpc) is 3.33. The molecular formula is C19H22N6O2. The van der Waals surface area contributed by atoms with E-state index in [1.54, 1.807) is 36.8 Å². The third kappa shape index (κ3) is 3.55. The molecule has 0 saturated carbocycles. The van der Waals surface area contributed by atoms with Gasteiger partial charge in [0, 0.05) is 44.0 Å². The fourth-order valence-corrected chi connectivity index (χ4v) is 3.54. The second kappa shape index (κ2) is 7.22. The first-order chi connectivity index (χ1) is 13.1. The van der Waals surface area contributed by atoms with E-state index in [9.17, 15) is 9.90 Å². The molecule has 3 heterocycles. The average molecular weight is 366 g/mol. The van der Waals surface area contributed by atoms with Crippen LogP contribution in [-0.2, 0) is 13.6 Å². The van der Waals surface area contributed by atoms with Crippen LogP contribution in [0, 0.1) is 0 Å². The third-order valence-corrected chi connectivity index (χ3v) is 5.14. The highest BCUT2D eigenvalue weighted by atomic mass is 16.3. The summed E-state index contributed by atoms with van der Waals surface area (Å²) in [6.45, 7) is 2.02. The smallest absolute Gasteiger partial charge is 0.253 e. The minimum absolute atomic E-state index is 0.00668. The molecule has 0 spiro atoms. The van der Waals surface area contributed by atoms with E-state index in [1.165, 1.54) is 0 Å². The van der Waals surface area contributed by atoms with Gasteiger partial charge in [0.2, 0.25) is 0 Å². The van der Waals surface area contributed by atoms with Crippen molar-refractivity contribution < 1.29 is 9.90 Å². The van der Waals surface area contributed by atoms with Crippen LogP contribution >= 0.6 is 0 Å². The van der Waals surface area contributed by atoms with Crippen LogP contribution in [0.3, 0.4) is 0 Å². The van der Waals surface area contributed by atoms with E-state index in [-0.39, 0.29) is 11.7 Å². The second-order valence-electron chi connectivity index (χ2n) is 6.88. The van der Waals surface area contributed by atoms with Gasteiger partial charge in [-0.25, -0.2) is 4.98 Å². The zero-order chi connectivity index (χ0) is 18.8. The second-order valence-corrected chi connectivity index (χ2v) is 6.88. The topological polar surface area (TPSA) is 89.1 Å². The first-order valence-electron chi connectivity index (χ1n) is 9.04. The molecule has 4 rings (SSSR count). The molecule has 2 aromatic heterocycles. The number of carbonyl (C=O) groups excluding carboxylic acids is 1. The predicted octanol–water partition coefficient (Wildman–Crippen LogP) is 1.79. The largest absolute Gasteiger partial charge is 0.508 e. The van der Waals surface area contributed by atoms with Crippen molar-refractivity contribution in [3.05, 3.63) is 60.2 Å². The fourth-order valence-electron chi connectivity index (χ4n) is 3.54. The van der Waals surface area contributed by atoms with Gasteiger partial charge in [0.05, 0.1) is 12.9 Å². The fraction of sp³-hybridized carbons (Fsp3) is 0.368. The van der Waals surface area contributed by atoms with E-state index in [4.69, 9.17) is 0 Å². The molecule has 1 saturated heterocycles. The van der Waals surface area contributed by atoms with Gasteiger partial charge in [-0.05, 0) is 37.1 Å². The molecule has 1 aliphatic rings. The predicted molar refractivity (Wildman–Crippen MR) is 98.3 cm³/mol. The molecule has 0 aliphatic carbocycles. The lowest BCUT2D eigenvalue weighted by atomic mass is 9.95. The van der Waals surface area contributed by atoms with Crippen LogP contribution in [0.4, 0.5) is 0 Å². The number of likely N-dealkylation sites (tertiary alicyclic amines) is 1. The van der Waals surface area contributed by atoms with Crippen LogP contribution in [-0.4, -0.2) is 53.3 Å². The molecular weight excluding hydrogens is 344 g/mol. The summed E-state index contributed by atoms with van der Waals surface area (Å²) < 4.78 is 4.02. The molecule has 1 fully saturated rings. The summed E-state index contributed by atoms with van der Waals surface area (Å²) in [6.07, 6.45) is 7.14. The monoisotopic (exact) mass is 366 g/mol. The Labute approximate surface area is 157 Å². The number of phenolic OH excluding ortho intramolecular Hbond substituents is 1. The first kappa shape index (κ1) is 17.3. The summed E-state index contributed by atoms with van der Waals surface area (Å²) in [6, 6.07) is 6.41. The van der Waals surface area contributed by atoms with Gasteiger partial charge in [-0.15, -0.1) is 10.2 Å². The number of aromatic hydroxyl groups is 1. The summed E-state index contributed by atoms with van der Waals surface area (Å²) in [7, 11) is 2.00. The minimum Gasteiger partial charge on any atom is -0.508 e. The van der Waals surface area contributed by atoms with Crippen LogP contribution < -0.4 is 0 Å². The Morgan fingerprint density at radius 2 is 1.93 bits per heavy atom. The number of nitrogens with zero attached hydrogens (tertiary/aromatic N) is 6. The Morgan fingerprint density at radius 3 is 2.59 bits per heavy atom. The molecule has 0 bridgehead atoms. The van der Waals surface area contributed by atoms with Gasteiger partial charge in [0.1, 0.15) is 11.6 Å². The highest BCUT2D eigenvalue weighted by Gasteiger charge is 2.27. The normalized spacial score (nSPS) is 15.2. The number of piperidine rings is 1. The Kier molecular flexibility index (Phi) is 4.62. The van der Waals surface area contributed by atoms with Crippen molar-refractivity contribution in [1.29, 1.82) is 0 Å². The number of amides is 1. The van der Waals surface area contributed by atoms with E-state index in [0.717, 1.165) is 24.5 Å². The number of phenols is 1. The quantitative estimate of drug-likeness (QED) is 0.760. The maximum Gasteiger partial charge on any atom is 0.253 e. The van der Waals surface area contributed by atoms with Crippen molar-refractivity contribution in [3.8, 4) is 5.75 Å². The number of hydrogen-bond acceptors (Lipinski definition) is 5. The van der Waals surface area contributed by atoms with Crippen molar-refractivity contribution in [3.63, 3.8) is 0 Å². The Morgan fingerprint density at radius 1 is 1.19 bits per heavy atom. The number of carbonyl (C=O) groups is 1. The van der Waals surface area contributed by atoms with Crippen LogP contribution in [0.25, 0.3) is 0 Å². The highest BCUT2D eigenvalue weighted by Crippen LogP contribution is 2.28. The Hall–Kier alpha value is -3.16. The summed E-state index contributed by atoms with van der Waals surface area (Å²) in [5, 5.41) is 18.1. The Bertz CT molecular complexity index is 908. The summed E-state index contributed by atoms with van der Waals surface area (Å²) >= 11 is 0. The Balaban J connectivity index is 1.40. The SMILES string of the molecule is Cn1c(Cn2ccnc2)nnc1C1CCN(C(=O)c2ccc(O)cc2)CC1. The molecule has 0 unspecified atom stereocenters. The molecule has 1 amide bonds. The van der Waals surface area contributed by atoms with Gasteiger partial charge in [-0.3, -0.25) is 4.79 Å². The molecule has 8 nitrogen and oxygen atoms in total. The van der Waals surface area contributed by atoms with E-state index in [1.807, 2.05) is 22.7 Å². The molecule has 8 heteroatoms. The molecule has 140 valence electrons. The van der Waals surface area contributed by atoms with Crippen LogP contribution in [0.1, 0.15) is 40.8 Å². The lowest BCUT2D eigenvalue weighted by Gasteiger charge is -2.31. The van der Waals surface area contributed by atoms with Gasteiger partial charge in [0.15, 0.2) is 5.82 Å². The molecule has 0 radical (unpaired) electrons. The van der Waals surface area contributed by atoms with Crippen molar-refractivity contribution in [1.82, 2.24) is 29.2 Å². The van der Waals surface area contributed by atoms with Gasteiger partial charge < -0.3 is 19.1 Å². The molecule has 3 aromatic rings. The first-order valence-corrected chi connectivity index (χ1v) is 9.04. The van der Waals surface area contributed by atoms with Crippen LogP contribution in [0.5, 0.6) is 5.75 Å². The zero-order valence-electron chi connectivity index (χ0n) is 15.2. The molecule has 1 N–H and O–H groups in total. The van der Waals surface area contributed by atoms with Gasteiger partial charge >= 0.3 is 0 Å². The highest BCUT2D eigenvalue weighted by molar-refractivity contribution is 5.94. The molecule has 1 aliphatic heterocycles. The van der Waals surface area contributed by atoms with E-state index >= 15 is 0 Å². The summed E-state index contributed by atoms with van der Waals surface area (Å²) in [5.74, 6) is 2.33. The number of rotatable bonds is 4. The maximum atomic E-state index is 12.6. The van der Waals surface area contributed by atoms with Gasteiger partial charge in [-0.1, -0.05) is 0 Å². The number of benzene rings is 1. The lowest BCUT2D eigenvalue weighted by molar-refractivity contribution is 0.0710. The minimum atomic E-state index is 0.00668. The molecule has 1 aromatic carbocycles. The van der Waals surface area contributed by atoms with E-state index in [0.29, 0.717) is 31.1 Å². The molecule has 0 atom stereocenters. The van der Waals surface area contributed by atoms with Crippen LogP contribution in [0.2, 0.25) is 0 Å². The van der Waals surface area contributed by atoms with Gasteiger partial charge in [-0.2, -0.15) is 0 Å².